The van der Waals surface area contributed by atoms with Crippen LogP contribution in [0, 0.1) is 5.82 Å². The van der Waals surface area contributed by atoms with Gasteiger partial charge < -0.3 is 9.47 Å². The number of para-hydroxylation sites is 1. The van der Waals surface area contributed by atoms with Gasteiger partial charge in [0, 0.05) is 0 Å². The summed E-state index contributed by atoms with van der Waals surface area (Å²) in [7, 11) is -2.74. The van der Waals surface area contributed by atoms with Crippen molar-refractivity contribution in [3.63, 3.8) is 0 Å². The Morgan fingerprint density at radius 1 is 1.12 bits per heavy atom. The van der Waals surface area contributed by atoms with Gasteiger partial charge in [0.2, 0.25) is 15.8 Å². The van der Waals surface area contributed by atoms with E-state index in [0.29, 0.717) is 5.75 Å². The van der Waals surface area contributed by atoms with Crippen molar-refractivity contribution in [2.24, 2.45) is 5.14 Å². The standard InChI is InChI=1S/C16H14FNO6S/c1-23-15-5-3-2-4-11(15)14(19)9-24-16(20)12-8-10(25(18,21)22)6-7-13(12)17/h2-8H,9H2,1H3,(H2,18,21,22). The summed E-state index contributed by atoms with van der Waals surface area (Å²) in [5, 5.41) is 4.94. The van der Waals surface area contributed by atoms with Crippen molar-refractivity contribution in [2.75, 3.05) is 13.7 Å². The quantitative estimate of drug-likeness (QED) is 0.612. The molecule has 0 aliphatic rings. The van der Waals surface area contributed by atoms with Crippen molar-refractivity contribution in [3.8, 4) is 5.75 Å². The minimum absolute atomic E-state index is 0.191. The van der Waals surface area contributed by atoms with E-state index in [1.54, 1.807) is 18.2 Å². The lowest BCUT2D eigenvalue weighted by molar-refractivity contribution is 0.0469. The van der Waals surface area contributed by atoms with E-state index in [0.717, 1.165) is 18.2 Å². The lowest BCUT2D eigenvalue weighted by Gasteiger charge is -2.09. The SMILES string of the molecule is COc1ccccc1C(=O)COC(=O)c1cc(S(N)(=O)=O)ccc1F. The van der Waals surface area contributed by atoms with Gasteiger partial charge in [0.05, 0.1) is 23.1 Å². The number of halogens is 1. The summed E-state index contributed by atoms with van der Waals surface area (Å²) in [5.41, 5.74) is -0.448. The van der Waals surface area contributed by atoms with Gasteiger partial charge in [0.25, 0.3) is 0 Å². The Bertz CT molecular complexity index is 926. The van der Waals surface area contributed by atoms with E-state index >= 15 is 0 Å². The number of ketones is 1. The fourth-order valence-electron chi connectivity index (χ4n) is 2.00. The molecule has 0 aliphatic heterocycles. The second kappa shape index (κ2) is 7.41. The molecule has 7 nitrogen and oxygen atoms in total. The molecule has 0 saturated carbocycles. The molecule has 2 aromatic rings. The van der Waals surface area contributed by atoms with Crippen LogP contribution in [0.15, 0.2) is 47.4 Å². The first-order chi connectivity index (χ1) is 11.7. The van der Waals surface area contributed by atoms with Crippen molar-refractivity contribution in [3.05, 3.63) is 59.4 Å². The molecular weight excluding hydrogens is 353 g/mol. The summed E-state index contributed by atoms with van der Waals surface area (Å²) in [6.45, 7) is -0.668. The number of nitrogens with two attached hydrogens (primary N) is 1. The lowest BCUT2D eigenvalue weighted by atomic mass is 10.1. The van der Waals surface area contributed by atoms with Crippen molar-refractivity contribution in [1.29, 1.82) is 0 Å². The van der Waals surface area contributed by atoms with E-state index < -0.39 is 44.7 Å². The molecular formula is C16H14FNO6S. The number of methoxy groups -OCH3 is 1. The molecule has 0 bridgehead atoms. The summed E-state index contributed by atoms with van der Waals surface area (Å²) in [4.78, 5) is 23.6. The number of esters is 1. The molecule has 0 radical (unpaired) electrons. The van der Waals surface area contributed by atoms with Crippen LogP contribution >= 0.6 is 0 Å². The number of sulfonamides is 1. The third-order valence-corrected chi connectivity index (χ3v) is 4.14. The number of rotatable bonds is 6. The molecule has 0 aliphatic carbocycles. The smallest absolute Gasteiger partial charge is 0.341 e. The van der Waals surface area contributed by atoms with Gasteiger partial charge >= 0.3 is 5.97 Å². The van der Waals surface area contributed by atoms with Gasteiger partial charge in [-0.05, 0) is 30.3 Å². The average Bonchev–Trinajstić information content (AvgIpc) is 2.58. The minimum Gasteiger partial charge on any atom is -0.496 e. The van der Waals surface area contributed by atoms with Crippen LogP contribution in [0.4, 0.5) is 4.39 Å². The predicted octanol–water partition coefficient (Wildman–Crippen LogP) is 1.52. The van der Waals surface area contributed by atoms with Crippen LogP contribution in [0.1, 0.15) is 20.7 Å². The minimum atomic E-state index is -4.12. The first-order valence-electron chi connectivity index (χ1n) is 6.89. The van der Waals surface area contributed by atoms with E-state index in [4.69, 9.17) is 14.6 Å². The van der Waals surface area contributed by atoms with Crippen LogP contribution in [0.25, 0.3) is 0 Å². The Morgan fingerprint density at radius 3 is 2.44 bits per heavy atom. The average molecular weight is 367 g/mol. The highest BCUT2D eigenvalue weighted by Gasteiger charge is 2.20. The first-order valence-corrected chi connectivity index (χ1v) is 8.44. The van der Waals surface area contributed by atoms with Gasteiger partial charge in [-0.3, -0.25) is 4.79 Å². The summed E-state index contributed by atoms with van der Waals surface area (Å²) in [5.74, 6) is -2.45. The maximum Gasteiger partial charge on any atom is 0.341 e. The molecule has 0 heterocycles. The number of primary sulfonamides is 1. The summed E-state index contributed by atoms with van der Waals surface area (Å²) in [6, 6.07) is 8.75. The molecule has 0 saturated heterocycles. The molecule has 132 valence electrons. The highest BCUT2D eigenvalue weighted by atomic mass is 32.2. The van der Waals surface area contributed by atoms with E-state index in [1.165, 1.54) is 13.2 Å². The van der Waals surface area contributed by atoms with Gasteiger partial charge in [-0.1, -0.05) is 12.1 Å². The Hall–Kier alpha value is -2.78. The molecule has 2 N–H and O–H groups in total. The summed E-state index contributed by atoms with van der Waals surface area (Å²) in [6.07, 6.45) is 0. The molecule has 0 fully saturated rings. The molecule has 0 amide bonds. The molecule has 0 spiro atoms. The van der Waals surface area contributed by atoms with Crippen LogP contribution in [0.3, 0.4) is 0 Å². The molecule has 9 heteroatoms. The molecule has 0 atom stereocenters. The molecule has 2 aromatic carbocycles. The van der Waals surface area contributed by atoms with Gasteiger partial charge in [0.1, 0.15) is 11.6 Å². The summed E-state index contributed by atoms with van der Waals surface area (Å²) < 4.78 is 46.1. The number of carbonyl (C=O) groups excluding carboxylic acids is 2. The number of benzene rings is 2. The van der Waals surface area contributed by atoms with E-state index in [1.807, 2.05) is 0 Å². The molecule has 25 heavy (non-hydrogen) atoms. The molecule has 0 unspecified atom stereocenters. The highest BCUT2D eigenvalue weighted by Crippen LogP contribution is 2.19. The van der Waals surface area contributed by atoms with Crippen LogP contribution in [0.2, 0.25) is 0 Å². The Morgan fingerprint density at radius 2 is 1.80 bits per heavy atom. The predicted molar refractivity (Wildman–Crippen MR) is 85.4 cm³/mol. The molecule has 2 rings (SSSR count). The number of hydrogen-bond acceptors (Lipinski definition) is 6. The van der Waals surface area contributed by atoms with Crippen molar-refractivity contribution < 1.29 is 31.9 Å². The van der Waals surface area contributed by atoms with Gasteiger partial charge in [-0.2, -0.15) is 0 Å². The Balaban J connectivity index is 2.17. The Labute approximate surface area is 143 Å². The largest absolute Gasteiger partial charge is 0.496 e. The first kappa shape index (κ1) is 18.6. The molecule has 0 aromatic heterocycles. The zero-order chi connectivity index (χ0) is 18.6. The van der Waals surface area contributed by atoms with E-state index in [2.05, 4.69) is 0 Å². The van der Waals surface area contributed by atoms with Crippen LogP contribution in [-0.4, -0.2) is 33.9 Å². The fraction of sp³-hybridized carbons (Fsp3) is 0.125. The van der Waals surface area contributed by atoms with Crippen LogP contribution in [0.5, 0.6) is 5.75 Å². The van der Waals surface area contributed by atoms with Gasteiger partial charge in [-0.15, -0.1) is 0 Å². The van der Waals surface area contributed by atoms with Crippen molar-refractivity contribution in [2.45, 2.75) is 4.90 Å². The fourth-order valence-corrected chi connectivity index (χ4v) is 2.54. The van der Waals surface area contributed by atoms with Gasteiger partial charge in [0.15, 0.2) is 6.61 Å². The number of ether oxygens (including phenoxy) is 2. The normalized spacial score (nSPS) is 11.0. The second-order valence-corrected chi connectivity index (χ2v) is 6.45. The van der Waals surface area contributed by atoms with Crippen molar-refractivity contribution >= 4 is 21.8 Å². The van der Waals surface area contributed by atoms with Crippen LogP contribution < -0.4 is 9.88 Å². The third kappa shape index (κ3) is 4.40. The van der Waals surface area contributed by atoms with Crippen molar-refractivity contribution in [1.82, 2.24) is 0 Å². The third-order valence-electron chi connectivity index (χ3n) is 3.23. The number of carbonyl (C=O) groups is 2. The topological polar surface area (TPSA) is 113 Å². The second-order valence-electron chi connectivity index (χ2n) is 4.89. The zero-order valence-electron chi connectivity index (χ0n) is 13.1. The zero-order valence-corrected chi connectivity index (χ0v) is 13.9. The monoisotopic (exact) mass is 367 g/mol. The number of Topliss-reactive ketones (excluding diaryl/α,β-unsaturated/α-hetero) is 1. The maximum absolute atomic E-state index is 13.7. The summed E-state index contributed by atoms with van der Waals surface area (Å²) >= 11 is 0. The number of hydrogen-bond donors (Lipinski definition) is 1. The van der Waals surface area contributed by atoms with E-state index in [-0.39, 0.29) is 5.56 Å². The highest BCUT2D eigenvalue weighted by molar-refractivity contribution is 7.89. The lowest BCUT2D eigenvalue weighted by Crippen LogP contribution is -2.17. The van der Waals surface area contributed by atoms with Gasteiger partial charge in [-0.25, -0.2) is 22.7 Å². The van der Waals surface area contributed by atoms with E-state index in [9.17, 15) is 22.4 Å². The Kier molecular flexibility index (Phi) is 5.50. The maximum atomic E-state index is 13.7. The van der Waals surface area contributed by atoms with Crippen LogP contribution in [-0.2, 0) is 14.8 Å².